The smallest absolute Gasteiger partial charge is 0.0491 e. The molecule has 4 heteroatoms. The van der Waals surface area contributed by atoms with Gasteiger partial charge in [0.15, 0.2) is 0 Å². The standard InChI is InChI=1S/C14H21ClN2O/c1-18-10-11-4-6-17(7-5-11)13-3-2-12(9-16)14(15)8-13/h2-3,8,11H,4-7,9-10,16H2,1H3. The number of hydrogen-bond acceptors (Lipinski definition) is 3. The summed E-state index contributed by atoms with van der Waals surface area (Å²) < 4.78 is 5.22. The Morgan fingerprint density at radius 2 is 2.11 bits per heavy atom. The minimum Gasteiger partial charge on any atom is -0.384 e. The Hall–Kier alpha value is -0.770. The molecule has 0 spiro atoms. The highest BCUT2D eigenvalue weighted by atomic mass is 35.5. The van der Waals surface area contributed by atoms with E-state index in [0.717, 1.165) is 30.3 Å². The number of hydrogen-bond donors (Lipinski definition) is 1. The molecule has 2 rings (SSSR count). The quantitative estimate of drug-likeness (QED) is 0.912. The molecule has 1 aliphatic rings. The van der Waals surface area contributed by atoms with Crippen LogP contribution in [0.2, 0.25) is 5.02 Å². The molecule has 0 atom stereocenters. The fraction of sp³-hybridized carbons (Fsp3) is 0.571. The number of anilines is 1. The summed E-state index contributed by atoms with van der Waals surface area (Å²) in [6.45, 7) is 3.52. The van der Waals surface area contributed by atoms with Gasteiger partial charge in [-0.1, -0.05) is 17.7 Å². The first kappa shape index (κ1) is 13.7. The van der Waals surface area contributed by atoms with Gasteiger partial charge in [0, 0.05) is 44.1 Å². The van der Waals surface area contributed by atoms with Crippen molar-refractivity contribution in [2.45, 2.75) is 19.4 Å². The summed E-state index contributed by atoms with van der Waals surface area (Å²) >= 11 is 6.20. The summed E-state index contributed by atoms with van der Waals surface area (Å²) in [6, 6.07) is 6.17. The molecule has 1 aliphatic heterocycles. The molecule has 0 unspecified atom stereocenters. The number of benzene rings is 1. The highest BCUT2D eigenvalue weighted by molar-refractivity contribution is 6.31. The lowest BCUT2D eigenvalue weighted by Crippen LogP contribution is -2.35. The van der Waals surface area contributed by atoms with Crippen LogP contribution in [0.1, 0.15) is 18.4 Å². The molecule has 1 aromatic rings. The van der Waals surface area contributed by atoms with E-state index in [1.165, 1.54) is 18.5 Å². The number of nitrogens with zero attached hydrogens (tertiary/aromatic N) is 1. The van der Waals surface area contributed by atoms with Gasteiger partial charge in [-0.2, -0.15) is 0 Å². The van der Waals surface area contributed by atoms with E-state index >= 15 is 0 Å². The molecular weight excluding hydrogens is 248 g/mol. The van der Waals surface area contributed by atoms with Crippen LogP contribution in [0.4, 0.5) is 5.69 Å². The van der Waals surface area contributed by atoms with Gasteiger partial charge in [0.05, 0.1) is 0 Å². The second-order valence-electron chi connectivity index (χ2n) is 4.87. The van der Waals surface area contributed by atoms with Crippen molar-refractivity contribution >= 4 is 17.3 Å². The normalized spacial score (nSPS) is 17.2. The van der Waals surface area contributed by atoms with Crippen LogP contribution < -0.4 is 10.6 Å². The Balaban J connectivity index is 1.99. The first-order chi connectivity index (χ1) is 8.74. The van der Waals surface area contributed by atoms with Crippen molar-refractivity contribution < 1.29 is 4.74 Å². The third-order valence-corrected chi connectivity index (χ3v) is 3.99. The van der Waals surface area contributed by atoms with Crippen molar-refractivity contribution in [2.24, 2.45) is 11.7 Å². The fourth-order valence-corrected chi connectivity index (χ4v) is 2.74. The zero-order valence-corrected chi connectivity index (χ0v) is 11.6. The van der Waals surface area contributed by atoms with E-state index in [9.17, 15) is 0 Å². The van der Waals surface area contributed by atoms with Crippen LogP contribution in [0.15, 0.2) is 18.2 Å². The predicted octanol–water partition coefficient (Wildman–Crippen LogP) is 2.66. The Morgan fingerprint density at radius 3 is 2.67 bits per heavy atom. The topological polar surface area (TPSA) is 38.5 Å². The highest BCUT2D eigenvalue weighted by Gasteiger charge is 2.19. The molecule has 1 heterocycles. The lowest BCUT2D eigenvalue weighted by atomic mass is 9.97. The minimum absolute atomic E-state index is 0.495. The maximum Gasteiger partial charge on any atom is 0.0491 e. The fourth-order valence-electron chi connectivity index (χ4n) is 2.49. The second kappa shape index (κ2) is 6.41. The van der Waals surface area contributed by atoms with E-state index in [4.69, 9.17) is 22.1 Å². The largest absolute Gasteiger partial charge is 0.384 e. The van der Waals surface area contributed by atoms with E-state index in [-0.39, 0.29) is 0 Å². The van der Waals surface area contributed by atoms with Gasteiger partial charge in [0.25, 0.3) is 0 Å². The van der Waals surface area contributed by atoms with Gasteiger partial charge >= 0.3 is 0 Å². The summed E-state index contributed by atoms with van der Waals surface area (Å²) in [7, 11) is 1.78. The van der Waals surface area contributed by atoms with E-state index in [0.29, 0.717) is 12.5 Å². The highest BCUT2D eigenvalue weighted by Crippen LogP contribution is 2.27. The molecule has 1 saturated heterocycles. The van der Waals surface area contributed by atoms with Gasteiger partial charge in [-0.15, -0.1) is 0 Å². The molecule has 3 nitrogen and oxygen atoms in total. The van der Waals surface area contributed by atoms with E-state index in [2.05, 4.69) is 11.0 Å². The van der Waals surface area contributed by atoms with Gasteiger partial charge in [-0.3, -0.25) is 0 Å². The Kier molecular flexibility index (Phi) is 4.87. The molecular formula is C14H21ClN2O. The van der Waals surface area contributed by atoms with Crippen LogP contribution in [-0.2, 0) is 11.3 Å². The van der Waals surface area contributed by atoms with Crippen molar-refractivity contribution in [3.63, 3.8) is 0 Å². The number of ether oxygens (including phenoxy) is 1. The predicted molar refractivity (Wildman–Crippen MR) is 76.2 cm³/mol. The molecule has 1 aromatic carbocycles. The van der Waals surface area contributed by atoms with Crippen LogP contribution in [0.5, 0.6) is 0 Å². The van der Waals surface area contributed by atoms with Gasteiger partial charge < -0.3 is 15.4 Å². The summed E-state index contributed by atoms with van der Waals surface area (Å²) in [5.41, 5.74) is 7.83. The van der Waals surface area contributed by atoms with Crippen LogP contribution in [0, 0.1) is 5.92 Å². The molecule has 0 saturated carbocycles. The van der Waals surface area contributed by atoms with Crippen LogP contribution in [0.25, 0.3) is 0 Å². The Labute approximate surface area is 114 Å². The zero-order chi connectivity index (χ0) is 13.0. The Morgan fingerprint density at radius 1 is 1.39 bits per heavy atom. The molecule has 0 aliphatic carbocycles. The van der Waals surface area contributed by atoms with E-state index < -0.39 is 0 Å². The molecule has 1 fully saturated rings. The zero-order valence-electron chi connectivity index (χ0n) is 10.9. The summed E-state index contributed by atoms with van der Waals surface area (Å²) in [6.07, 6.45) is 2.37. The van der Waals surface area contributed by atoms with Crippen molar-refractivity contribution in [3.8, 4) is 0 Å². The third-order valence-electron chi connectivity index (χ3n) is 3.64. The van der Waals surface area contributed by atoms with Crippen molar-refractivity contribution in [3.05, 3.63) is 28.8 Å². The number of piperidine rings is 1. The summed E-state index contributed by atoms with van der Waals surface area (Å²) in [5.74, 6) is 0.699. The molecule has 18 heavy (non-hydrogen) atoms. The summed E-state index contributed by atoms with van der Waals surface area (Å²) in [5, 5.41) is 0.772. The lowest BCUT2D eigenvalue weighted by molar-refractivity contribution is 0.139. The molecule has 2 N–H and O–H groups in total. The maximum atomic E-state index is 6.20. The molecule has 100 valence electrons. The van der Waals surface area contributed by atoms with Crippen molar-refractivity contribution in [1.82, 2.24) is 0 Å². The number of methoxy groups -OCH3 is 1. The molecule has 0 aromatic heterocycles. The first-order valence-corrected chi connectivity index (χ1v) is 6.84. The van der Waals surface area contributed by atoms with E-state index in [1.54, 1.807) is 7.11 Å². The van der Waals surface area contributed by atoms with Crippen molar-refractivity contribution in [1.29, 1.82) is 0 Å². The van der Waals surface area contributed by atoms with Gasteiger partial charge in [-0.05, 0) is 36.5 Å². The Bertz CT molecular complexity index is 389. The van der Waals surface area contributed by atoms with Crippen LogP contribution in [-0.4, -0.2) is 26.8 Å². The first-order valence-electron chi connectivity index (χ1n) is 6.47. The molecule has 0 amide bonds. The van der Waals surface area contributed by atoms with E-state index in [1.807, 2.05) is 12.1 Å². The average Bonchev–Trinajstić information content (AvgIpc) is 2.40. The number of halogens is 1. The maximum absolute atomic E-state index is 6.20. The summed E-state index contributed by atoms with van der Waals surface area (Å²) in [4.78, 5) is 2.39. The third kappa shape index (κ3) is 3.16. The van der Waals surface area contributed by atoms with Crippen LogP contribution in [0.3, 0.4) is 0 Å². The number of rotatable bonds is 4. The van der Waals surface area contributed by atoms with Gasteiger partial charge in [0.1, 0.15) is 0 Å². The number of nitrogens with two attached hydrogens (primary N) is 1. The molecule has 0 radical (unpaired) electrons. The van der Waals surface area contributed by atoms with Gasteiger partial charge in [0.2, 0.25) is 0 Å². The monoisotopic (exact) mass is 268 g/mol. The van der Waals surface area contributed by atoms with Crippen LogP contribution >= 0.6 is 11.6 Å². The lowest BCUT2D eigenvalue weighted by Gasteiger charge is -2.33. The SMILES string of the molecule is COCC1CCN(c2ccc(CN)c(Cl)c2)CC1. The second-order valence-corrected chi connectivity index (χ2v) is 5.27. The minimum atomic E-state index is 0.495. The van der Waals surface area contributed by atoms with Gasteiger partial charge in [-0.25, -0.2) is 0 Å². The molecule has 0 bridgehead atoms. The average molecular weight is 269 g/mol. The van der Waals surface area contributed by atoms with Crippen molar-refractivity contribution in [2.75, 3.05) is 31.7 Å².